The van der Waals surface area contributed by atoms with Gasteiger partial charge in [0.1, 0.15) is 5.57 Å². The van der Waals surface area contributed by atoms with Crippen LogP contribution in [0.1, 0.15) is 5.56 Å². The van der Waals surface area contributed by atoms with E-state index < -0.39 is 17.8 Å². The molecule has 0 atom stereocenters. The van der Waals surface area contributed by atoms with E-state index in [-0.39, 0.29) is 5.57 Å². The van der Waals surface area contributed by atoms with Crippen molar-refractivity contribution in [1.29, 1.82) is 0 Å². The molecule has 0 aromatic heterocycles. The van der Waals surface area contributed by atoms with Crippen molar-refractivity contribution in [2.24, 2.45) is 0 Å². The zero-order valence-corrected chi connectivity index (χ0v) is 11.1. The van der Waals surface area contributed by atoms with E-state index in [2.05, 4.69) is 0 Å². The molecule has 1 aliphatic rings. The summed E-state index contributed by atoms with van der Waals surface area (Å²) in [7, 11) is 2.67. The number of imide groups is 2. The molecule has 0 bridgehead atoms. The molecule has 19 heavy (non-hydrogen) atoms. The molecule has 5 nitrogen and oxygen atoms in total. The third-order valence-corrected chi connectivity index (χ3v) is 3.04. The van der Waals surface area contributed by atoms with Crippen molar-refractivity contribution in [2.75, 3.05) is 14.1 Å². The predicted octanol–water partition coefficient (Wildman–Crippen LogP) is 1.77. The van der Waals surface area contributed by atoms with Crippen LogP contribution in [0.4, 0.5) is 4.79 Å². The molecule has 0 N–H and O–H groups in total. The fourth-order valence-electron chi connectivity index (χ4n) is 1.74. The first-order chi connectivity index (χ1) is 8.91. The summed E-state index contributed by atoms with van der Waals surface area (Å²) < 4.78 is 0. The van der Waals surface area contributed by atoms with Crippen molar-refractivity contribution in [2.45, 2.75) is 0 Å². The van der Waals surface area contributed by atoms with Crippen LogP contribution in [0.15, 0.2) is 29.8 Å². The Balaban J connectivity index is 2.45. The van der Waals surface area contributed by atoms with E-state index in [0.717, 1.165) is 9.80 Å². The van der Waals surface area contributed by atoms with Gasteiger partial charge in [-0.25, -0.2) is 4.79 Å². The lowest BCUT2D eigenvalue weighted by molar-refractivity contribution is -0.134. The van der Waals surface area contributed by atoms with Crippen LogP contribution in [-0.2, 0) is 9.59 Å². The highest BCUT2D eigenvalue weighted by Crippen LogP contribution is 2.19. The highest BCUT2D eigenvalue weighted by atomic mass is 35.5. The molecule has 1 aromatic carbocycles. The van der Waals surface area contributed by atoms with Gasteiger partial charge in [-0.15, -0.1) is 0 Å². The van der Waals surface area contributed by atoms with Crippen LogP contribution in [0, 0.1) is 0 Å². The van der Waals surface area contributed by atoms with Crippen LogP contribution in [0.25, 0.3) is 6.08 Å². The number of likely N-dealkylation sites (N-methyl/N-ethyl adjacent to an activating group) is 2. The number of nitrogens with zero attached hydrogens (tertiary/aromatic N) is 2. The molecule has 1 fully saturated rings. The Hall–Kier alpha value is -2.14. The standard InChI is InChI=1S/C13H11ClN2O3/c1-15-11(17)10(12(18)16(2)13(15)19)7-8-4-3-5-9(14)6-8/h3-7H,1-2H3. The molecule has 0 aliphatic carbocycles. The molecule has 1 aromatic rings. The number of halogens is 1. The van der Waals surface area contributed by atoms with Crippen molar-refractivity contribution in [1.82, 2.24) is 9.80 Å². The van der Waals surface area contributed by atoms with Gasteiger partial charge in [0.05, 0.1) is 0 Å². The topological polar surface area (TPSA) is 57.7 Å². The monoisotopic (exact) mass is 278 g/mol. The fraction of sp³-hybridized carbons (Fsp3) is 0.154. The van der Waals surface area contributed by atoms with Gasteiger partial charge in [0, 0.05) is 19.1 Å². The summed E-state index contributed by atoms with van der Waals surface area (Å²) in [5, 5.41) is 0.503. The smallest absolute Gasteiger partial charge is 0.268 e. The van der Waals surface area contributed by atoms with E-state index in [9.17, 15) is 14.4 Å². The fourth-order valence-corrected chi connectivity index (χ4v) is 1.94. The molecule has 1 aliphatic heterocycles. The summed E-state index contributed by atoms with van der Waals surface area (Å²) in [5.74, 6) is -1.24. The lowest BCUT2D eigenvalue weighted by atomic mass is 10.1. The van der Waals surface area contributed by atoms with E-state index in [1.165, 1.54) is 20.2 Å². The lowest BCUT2D eigenvalue weighted by Crippen LogP contribution is -2.52. The maximum atomic E-state index is 11.9. The van der Waals surface area contributed by atoms with Crippen LogP contribution in [0.2, 0.25) is 5.02 Å². The lowest BCUT2D eigenvalue weighted by Gasteiger charge is -2.28. The summed E-state index contributed by atoms with van der Waals surface area (Å²) >= 11 is 5.84. The van der Waals surface area contributed by atoms with E-state index in [4.69, 9.17) is 11.6 Å². The summed E-state index contributed by atoms with van der Waals surface area (Å²) in [6.07, 6.45) is 1.43. The number of urea groups is 1. The van der Waals surface area contributed by atoms with Crippen molar-refractivity contribution < 1.29 is 14.4 Å². The van der Waals surface area contributed by atoms with Crippen LogP contribution in [0.3, 0.4) is 0 Å². The van der Waals surface area contributed by atoms with Gasteiger partial charge in [-0.2, -0.15) is 0 Å². The van der Waals surface area contributed by atoms with Crippen LogP contribution >= 0.6 is 11.6 Å². The molecule has 1 saturated heterocycles. The van der Waals surface area contributed by atoms with Gasteiger partial charge in [-0.1, -0.05) is 23.7 Å². The number of benzene rings is 1. The molecule has 0 unspecified atom stereocenters. The number of hydrogen-bond acceptors (Lipinski definition) is 3. The summed E-state index contributed by atoms with van der Waals surface area (Å²) in [6.45, 7) is 0. The predicted molar refractivity (Wildman–Crippen MR) is 70.4 cm³/mol. The Morgan fingerprint density at radius 1 is 1.05 bits per heavy atom. The molecule has 0 radical (unpaired) electrons. The number of hydrogen-bond donors (Lipinski definition) is 0. The van der Waals surface area contributed by atoms with E-state index in [1.54, 1.807) is 24.3 Å². The SMILES string of the molecule is CN1C(=O)C(=Cc2cccc(Cl)c2)C(=O)N(C)C1=O. The van der Waals surface area contributed by atoms with Crippen LogP contribution < -0.4 is 0 Å². The second-order valence-electron chi connectivity index (χ2n) is 4.12. The quantitative estimate of drug-likeness (QED) is 0.581. The minimum absolute atomic E-state index is 0.0631. The van der Waals surface area contributed by atoms with Gasteiger partial charge < -0.3 is 0 Å². The number of carbonyl (C=O) groups excluding carboxylic acids is 3. The number of barbiturate groups is 1. The van der Waals surface area contributed by atoms with Crippen LogP contribution in [-0.4, -0.2) is 41.7 Å². The van der Waals surface area contributed by atoms with Gasteiger partial charge >= 0.3 is 6.03 Å². The molecule has 98 valence electrons. The molecular weight excluding hydrogens is 268 g/mol. The van der Waals surface area contributed by atoms with Gasteiger partial charge in [0.25, 0.3) is 11.8 Å². The molecule has 0 saturated carbocycles. The Bertz CT molecular complexity index is 584. The first-order valence-electron chi connectivity index (χ1n) is 5.49. The highest BCUT2D eigenvalue weighted by Gasteiger charge is 2.37. The van der Waals surface area contributed by atoms with Crippen molar-refractivity contribution in [3.8, 4) is 0 Å². The molecule has 6 heteroatoms. The third kappa shape index (κ3) is 2.37. The summed E-state index contributed by atoms with van der Waals surface area (Å²) in [4.78, 5) is 37.2. The summed E-state index contributed by atoms with van der Waals surface area (Å²) in [5.41, 5.74) is 0.562. The molecule has 2 rings (SSSR count). The number of carbonyl (C=O) groups is 3. The molecule has 4 amide bonds. The Kier molecular flexibility index (Phi) is 3.40. The first-order valence-corrected chi connectivity index (χ1v) is 5.87. The minimum Gasteiger partial charge on any atom is -0.268 e. The Morgan fingerprint density at radius 2 is 1.63 bits per heavy atom. The number of amides is 4. The van der Waals surface area contributed by atoms with E-state index >= 15 is 0 Å². The van der Waals surface area contributed by atoms with E-state index in [0.29, 0.717) is 10.6 Å². The van der Waals surface area contributed by atoms with Gasteiger partial charge in [-0.3, -0.25) is 19.4 Å². The Labute approximate surface area is 115 Å². The average molecular weight is 279 g/mol. The average Bonchev–Trinajstić information content (AvgIpc) is 2.39. The normalized spacial score (nSPS) is 16.2. The van der Waals surface area contributed by atoms with Gasteiger partial charge in [-0.05, 0) is 23.8 Å². The van der Waals surface area contributed by atoms with Crippen molar-refractivity contribution >= 4 is 35.5 Å². The largest absolute Gasteiger partial charge is 0.333 e. The third-order valence-electron chi connectivity index (χ3n) is 2.80. The molecule has 0 spiro atoms. The molecular formula is C13H11ClN2O3. The number of rotatable bonds is 1. The zero-order valence-electron chi connectivity index (χ0n) is 10.4. The van der Waals surface area contributed by atoms with Gasteiger partial charge in [0.2, 0.25) is 0 Å². The van der Waals surface area contributed by atoms with Crippen molar-refractivity contribution in [3.63, 3.8) is 0 Å². The Morgan fingerprint density at radius 3 is 2.16 bits per heavy atom. The second kappa shape index (κ2) is 4.85. The van der Waals surface area contributed by atoms with Gasteiger partial charge in [0.15, 0.2) is 0 Å². The minimum atomic E-state index is -0.641. The highest BCUT2D eigenvalue weighted by molar-refractivity contribution is 6.31. The first kappa shape index (κ1) is 13.3. The van der Waals surface area contributed by atoms with Crippen molar-refractivity contribution in [3.05, 3.63) is 40.4 Å². The maximum absolute atomic E-state index is 11.9. The second-order valence-corrected chi connectivity index (χ2v) is 4.56. The zero-order chi connectivity index (χ0) is 14.2. The maximum Gasteiger partial charge on any atom is 0.333 e. The summed E-state index contributed by atoms with van der Waals surface area (Å²) in [6, 6.07) is 6.11. The molecule has 1 heterocycles. The van der Waals surface area contributed by atoms with E-state index in [1.807, 2.05) is 0 Å². The van der Waals surface area contributed by atoms with Crippen LogP contribution in [0.5, 0.6) is 0 Å².